The van der Waals surface area contributed by atoms with E-state index in [9.17, 15) is 13.2 Å². The first kappa shape index (κ1) is 15.4. The molecule has 0 aromatic heterocycles. The lowest BCUT2D eigenvalue weighted by Crippen LogP contribution is -2.14. The fourth-order valence-corrected chi connectivity index (χ4v) is 2.77. The van der Waals surface area contributed by atoms with Crippen LogP contribution in [0.1, 0.15) is 22.7 Å². The quantitative estimate of drug-likeness (QED) is 0.782. The molecule has 0 aliphatic carbocycles. The predicted octanol–water partition coefficient (Wildman–Crippen LogP) is 5.17. The molecule has 1 nitrogen and oxygen atoms in total. The highest BCUT2D eigenvalue weighted by Gasteiger charge is 2.30. The molecule has 2 N–H and O–H groups in total. The Balaban J connectivity index is 2.41. The summed E-state index contributed by atoms with van der Waals surface area (Å²) in [6, 6.07) is 9.34. The number of alkyl halides is 3. The van der Waals surface area contributed by atoms with Crippen LogP contribution in [0.15, 0.2) is 46.9 Å². The van der Waals surface area contributed by atoms with Crippen molar-refractivity contribution in [1.29, 1.82) is 0 Å². The molecule has 0 amide bonds. The van der Waals surface area contributed by atoms with Crippen LogP contribution < -0.4 is 5.73 Å². The minimum absolute atomic E-state index is 0.392. The topological polar surface area (TPSA) is 26.0 Å². The zero-order chi connectivity index (χ0) is 14.9. The van der Waals surface area contributed by atoms with E-state index in [4.69, 9.17) is 17.3 Å². The molecular formula is C14H10BrClF3N. The van der Waals surface area contributed by atoms with Gasteiger partial charge in [-0.1, -0.05) is 45.7 Å². The minimum Gasteiger partial charge on any atom is -0.320 e. The van der Waals surface area contributed by atoms with Crippen molar-refractivity contribution in [2.24, 2.45) is 5.73 Å². The van der Waals surface area contributed by atoms with Gasteiger partial charge in [0.2, 0.25) is 0 Å². The lowest BCUT2D eigenvalue weighted by atomic mass is 9.98. The van der Waals surface area contributed by atoms with Crippen LogP contribution in [0.25, 0.3) is 0 Å². The first-order chi connectivity index (χ1) is 9.29. The summed E-state index contributed by atoms with van der Waals surface area (Å²) in [4.78, 5) is 0. The molecule has 1 unspecified atom stereocenters. The first-order valence-electron chi connectivity index (χ1n) is 5.66. The van der Waals surface area contributed by atoms with E-state index in [-0.39, 0.29) is 0 Å². The highest BCUT2D eigenvalue weighted by Crippen LogP contribution is 2.33. The predicted molar refractivity (Wildman–Crippen MR) is 76.6 cm³/mol. The Hall–Kier alpha value is -1.04. The van der Waals surface area contributed by atoms with Crippen LogP contribution in [0, 0.1) is 0 Å². The zero-order valence-electron chi connectivity index (χ0n) is 10.1. The average Bonchev–Trinajstić information content (AvgIpc) is 2.37. The molecule has 20 heavy (non-hydrogen) atoms. The van der Waals surface area contributed by atoms with Crippen LogP contribution in [-0.4, -0.2) is 0 Å². The highest BCUT2D eigenvalue weighted by molar-refractivity contribution is 9.10. The SMILES string of the molecule is NC(c1cccc(C(F)(F)F)c1)c1ccc(Cl)cc1Br. The van der Waals surface area contributed by atoms with Crippen LogP contribution in [0.5, 0.6) is 0 Å². The van der Waals surface area contributed by atoms with Gasteiger partial charge in [-0.2, -0.15) is 13.2 Å². The second-order valence-corrected chi connectivity index (χ2v) is 5.56. The number of hydrogen-bond donors (Lipinski definition) is 1. The van der Waals surface area contributed by atoms with Gasteiger partial charge in [0.15, 0.2) is 0 Å². The molecule has 106 valence electrons. The molecule has 0 radical (unpaired) electrons. The van der Waals surface area contributed by atoms with Crippen LogP contribution in [0.3, 0.4) is 0 Å². The van der Waals surface area contributed by atoms with Gasteiger partial charge in [-0.15, -0.1) is 0 Å². The van der Waals surface area contributed by atoms with Crippen molar-refractivity contribution in [1.82, 2.24) is 0 Å². The number of hydrogen-bond acceptors (Lipinski definition) is 1. The number of halogens is 5. The van der Waals surface area contributed by atoms with Gasteiger partial charge in [-0.05, 0) is 35.4 Å². The van der Waals surface area contributed by atoms with E-state index in [2.05, 4.69) is 15.9 Å². The molecule has 2 aromatic carbocycles. The maximum absolute atomic E-state index is 12.7. The van der Waals surface area contributed by atoms with E-state index in [1.54, 1.807) is 24.3 Å². The van der Waals surface area contributed by atoms with Gasteiger partial charge in [0, 0.05) is 9.50 Å². The fourth-order valence-electron chi connectivity index (χ4n) is 1.84. The maximum atomic E-state index is 12.7. The Labute approximate surface area is 127 Å². The lowest BCUT2D eigenvalue weighted by molar-refractivity contribution is -0.137. The van der Waals surface area contributed by atoms with E-state index in [1.807, 2.05) is 0 Å². The van der Waals surface area contributed by atoms with Gasteiger partial charge in [0.1, 0.15) is 0 Å². The van der Waals surface area contributed by atoms with Gasteiger partial charge >= 0.3 is 6.18 Å². The average molecular weight is 365 g/mol. The van der Waals surface area contributed by atoms with Gasteiger partial charge in [-0.25, -0.2) is 0 Å². The summed E-state index contributed by atoms with van der Waals surface area (Å²) in [7, 11) is 0. The van der Waals surface area contributed by atoms with Crippen LogP contribution in [0.2, 0.25) is 5.02 Å². The standard InChI is InChI=1S/C14H10BrClF3N/c15-12-7-10(16)4-5-11(12)13(20)8-2-1-3-9(6-8)14(17,18)19/h1-7,13H,20H2. The molecule has 0 saturated heterocycles. The molecule has 2 rings (SSSR count). The van der Waals surface area contributed by atoms with Crippen molar-refractivity contribution in [3.05, 3.63) is 68.7 Å². The van der Waals surface area contributed by atoms with Gasteiger partial charge in [0.25, 0.3) is 0 Å². The second kappa shape index (κ2) is 5.76. The van der Waals surface area contributed by atoms with Crippen molar-refractivity contribution < 1.29 is 13.2 Å². The maximum Gasteiger partial charge on any atom is 0.416 e. The third-order valence-corrected chi connectivity index (χ3v) is 3.79. The summed E-state index contributed by atoms with van der Waals surface area (Å²) in [6.07, 6.45) is -4.38. The Kier molecular flexibility index (Phi) is 4.42. The molecule has 6 heteroatoms. The van der Waals surface area contributed by atoms with Gasteiger partial charge in [-0.3, -0.25) is 0 Å². The van der Waals surface area contributed by atoms with E-state index in [1.165, 1.54) is 6.07 Å². The summed E-state index contributed by atoms with van der Waals surface area (Å²) in [5.74, 6) is 0. The number of rotatable bonds is 2. The third-order valence-electron chi connectivity index (χ3n) is 2.87. The normalized spacial score (nSPS) is 13.3. The van der Waals surface area contributed by atoms with Crippen LogP contribution >= 0.6 is 27.5 Å². The van der Waals surface area contributed by atoms with Crippen molar-refractivity contribution in [2.75, 3.05) is 0 Å². The summed E-state index contributed by atoms with van der Waals surface area (Å²) >= 11 is 9.15. The zero-order valence-corrected chi connectivity index (χ0v) is 12.4. The summed E-state index contributed by atoms with van der Waals surface area (Å²) < 4.78 is 38.8. The molecular weight excluding hydrogens is 355 g/mol. The smallest absolute Gasteiger partial charge is 0.320 e. The van der Waals surface area contributed by atoms with Crippen molar-refractivity contribution in [3.63, 3.8) is 0 Å². The third kappa shape index (κ3) is 3.34. The summed E-state index contributed by atoms with van der Waals surface area (Å²) in [5.41, 5.74) is 6.39. The molecule has 0 aliphatic heterocycles. The fraction of sp³-hybridized carbons (Fsp3) is 0.143. The van der Waals surface area contributed by atoms with E-state index < -0.39 is 17.8 Å². The summed E-state index contributed by atoms with van der Waals surface area (Å²) in [5, 5.41) is 0.525. The Morgan fingerprint density at radius 2 is 1.80 bits per heavy atom. The Morgan fingerprint density at radius 3 is 2.40 bits per heavy atom. The first-order valence-corrected chi connectivity index (χ1v) is 6.84. The Bertz CT molecular complexity index is 628. The monoisotopic (exact) mass is 363 g/mol. The van der Waals surface area contributed by atoms with Crippen molar-refractivity contribution in [3.8, 4) is 0 Å². The second-order valence-electron chi connectivity index (χ2n) is 4.27. The molecule has 0 fully saturated rings. The van der Waals surface area contributed by atoms with Crippen LogP contribution in [0.4, 0.5) is 13.2 Å². The van der Waals surface area contributed by atoms with Gasteiger partial charge in [0.05, 0.1) is 11.6 Å². The number of benzene rings is 2. The van der Waals surface area contributed by atoms with Crippen molar-refractivity contribution in [2.45, 2.75) is 12.2 Å². The van der Waals surface area contributed by atoms with Crippen LogP contribution in [-0.2, 0) is 6.18 Å². The largest absolute Gasteiger partial charge is 0.416 e. The van der Waals surface area contributed by atoms with E-state index in [0.29, 0.717) is 20.6 Å². The molecule has 0 heterocycles. The minimum atomic E-state index is -4.38. The molecule has 0 aliphatic rings. The van der Waals surface area contributed by atoms with E-state index in [0.717, 1.165) is 12.1 Å². The van der Waals surface area contributed by atoms with E-state index >= 15 is 0 Å². The number of nitrogens with two attached hydrogens (primary N) is 1. The molecule has 0 spiro atoms. The molecule has 0 saturated carbocycles. The molecule has 1 atom stereocenters. The highest BCUT2D eigenvalue weighted by atomic mass is 79.9. The van der Waals surface area contributed by atoms with Gasteiger partial charge < -0.3 is 5.73 Å². The molecule has 2 aromatic rings. The Morgan fingerprint density at radius 1 is 1.10 bits per heavy atom. The summed E-state index contributed by atoms with van der Waals surface area (Å²) in [6.45, 7) is 0. The molecule has 0 bridgehead atoms. The lowest BCUT2D eigenvalue weighted by Gasteiger charge is -2.16. The van der Waals surface area contributed by atoms with Crippen molar-refractivity contribution >= 4 is 27.5 Å².